The smallest absolute Gasteiger partial charge is 0.0662 e. The van der Waals surface area contributed by atoms with Gasteiger partial charge in [0.05, 0.1) is 6.04 Å². The van der Waals surface area contributed by atoms with Crippen molar-refractivity contribution in [3.05, 3.63) is 0 Å². The first-order valence-electron chi connectivity index (χ1n) is 3.02. The summed E-state index contributed by atoms with van der Waals surface area (Å²) >= 11 is 0. The number of terminal acetylenes is 1. The third kappa shape index (κ3) is 5.35. The minimum Gasteiger partial charge on any atom is -0.385 e. The van der Waals surface area contributed by atoms with Crippen LogP contribution < -0.4 is 5.73 Å². The quantitative estimate of drug-likeness (QED) is 0.437. The maximum atomic E-state index is 5.42. The van der Waals surface area contributed by atoms with Gasteiger partial charge in [-0.1, -0.05) is 5.92 Å². The van der Waals surface area contributed by atoms with Crippen LogP contribution in [0.15, 0.2) is 0 Å². The Labute approximate surface area is 56.4 Å². The SMILES string of the molecule is C#CC(N)CCCOC. The summed E-state index contributed by atoms with van der Waals surface area (Å²) in [6.07, 6.45) is 6.84. The number of methoxy groups -OCH3 is 1. The molecule has 2 nitrogen and oxygen atoms in total. The Balaban J connectivity index is 2.99. The van der Waals surface area contributed by atoms with Crippen molar-refractivity contribution in [1.29, 1.82) is 0 Å². The summed E-state index contributed by atoms with van der Waals surface area (Å²) in [4.78, 5) is 0. The number of hydrogen-bond acceptors (Lipinski definition) is 2. The Morgan fingerprint density at radius 2 is 2.44 bits per heavy atom. The summed E-state index contributed by atoms with van der Waals surface area (Å²) in [5.74, 6) is 2.45. The lowest BCUT2D eigenvalue weighted by molar-refractivity contribution is 0.192. The van der Waals surface area contributed by atoms with Crippen molar-refractivity contribution in [3.8, 4) is 12.3 Å². The van der Waals surface area contributed by atoms with Crippen LogP contribution in [-0.2, 0) is 4.74 Å². The molecular formula is C7H13NO. The highest BCUT2D eigenvalue weighted by molar-refractivity contribution is 4.95. The largest absolute Gasteiger partial charge is 0.385 e. The van der Waals surface area contributed by atoms with Gasteiger partial charge in [-0.2, -0.15) is 0 Å². The molecule has 0 amide bonds. The molecular weight excluding hydrogens is 114 g/mol. The van der Waals surface area contributed by atoms with Crippen molar-refractivity contribution >= 4 is 0 Å². The maximum Gasteiger partial charge on any atom is 0.0662 e. The standard InChI is InChI=1S/C7H13NO/c1-3-7(8)5-4-6-9-2/h1,7H,4-6,8H2,2H3. The van der Waals surface area contributed by atoms with E-state index in [0.29, 0.717) is 0 Å². The Kier molecular flexibility index (Phi) is 5.29. The maximum absolute atomic E-state index is 5.42. The normalized spacial score (nSPS) is 12.6. The fourth-order valence-electron chi connectivity index (χ4n) is 0.531. The van der Waals surface area contributed by atoms with Gasteiger partial charge in [-0.3, -0.25) is 0 Å². The zero-order chi connectivity index (χ0) is 7.11. The van der Waals surface area contributed by atoms with Gasteiger partial charge in [0.2, 0.25) is 0 Å². The summed E-state index contributed by atoms with van der Waals surface area (Å²) in [5, 5.41) is 0. The molecule has 0 aromatic carbocycles. The lowest BCUT2D eigenvalue weighted by Gasteiger charge is -2.01. The van der Waals surface area contributed by atoms with E-state index >= 15 is 0 Å². The lowest BCUT2D eigenvalue weighted by atomic mass is 10.2. The van der Waals surface area contributed by atoms with Crippen LogP contribution >= 0.6 is 0 Å². The van der Waals surface area contributed by atoms with E-state index in [9.17, 15) is 0 Å². The van der Waals surface area contributed by atoms with Crippen molar-refractivity contribution in [2.45, 2.75) is 18.9 Å². The van der Waals surface area contributed by atoms with Crippen LogP contribution in [0.2, 0.25) is 0 Å². The third-order valence-corrected chi connectivity index (χ3v) is 1.08. The van der Waals surface area contributed by atoms with E-state index in [4.69, 9.17) is 16.9 Å². The van der Waals surface area contributed by atoms with Crippen molar-refractivity contribution in [2.75, 3.05) is 13.7 Å². The summed E-state index contributed by atoms with van der Waals surface area (Å²) in [5.41, 5.74) is 5.42. The van der Waals surface area contributed by atoms with Gasteiger partial charge in [-0.05, 0) is 12.8 Å². The fraction of sp³-hybridized carbons (Fsp3) is 0.714. The Hall–Kier alpha value is -0.520. The highest BCUT2D eigenvalue weighted by Gasteiger charge is 1.94. The van der Waals surface area contributed by atoms with Crippen LogP contribution in [0.3, 0.4) is 0 Å². The molecule has 0 saturated carbocycles. The highest BCUT2D eigenvalue weighted by atomic mass is 16.5. The molecule has 0 rings (SSSR count). The Morgan fingerprint density at radius 3 is 2.89 bits per heavy atom. The molecule has 1 atom stereocenters. The molecule has 0 radical (unpaired) electrons. The number of rotatable bonds is 4. The molecule has 0 aromatic rings. The topological polar surface area (TPSA) is 35.2 Å². The van der Waals surface area contributed by atoms with Crippen LogP contribution in [0.5, 0.6) is 0 Å². The van der Waals surface area contributed by atoms with Gasteiger partial charge in [0, 0.05) is 13.7 Å². The average Bonchev–Trinajstić information content (AvgIpc) is 1.89. The van der Waals surface area contributed by atoms with Crippen LogP contribution in [0.25, 0.3) is 0 Å². The summed E-state index contributed by atoms with van der Waals surface area (Å²) in [6, 6.07) is -0.0971. The fourth-order valence-corrected chi connectivity index (χ4v) is 0.531. The van der Waals surface area contributed by atoms with Gasteiger partial charge in [-0.25, -0.2) is 0 Å². The van der Waals surface area contributed by atoms with E-state index < -0.39 is 0 Å². The van der Waals surface area contributed by atoms with E-state index in [1.807, 2.05) is 0 Å². The second kappa shape index (κ2) is 5.61. The Morgan fingerprint density at radius 1 is 1.78 bits per heavy atom. The minimum atomic E-state index is -0.0971. The van der Waals surface area contributed by atoms with Crippen LogP contribution in [0.1, 0.15) is 12.8 Å². The third-order valence-electron chi connectivity index (χ3n) is 1.08. The molecule has 0 aromatic heterocycles. The molecule has 1 unspecified atom stereocenters. The second-order valence-corrected chi connectivity index (χ2v) is 1.91. The Bertz CT molecular complexity index is 95.6. The number of hydrogen-bond donors (Lipinski definition) is 1. The van der Waals surface area contributed by atoms with Crippen LogP contribution in [-0.4, -0.2) is 19.8 Å². The number of ether oxygens (including phenoxy) is 1. The van der Waals surface area contributed by atoms with Gasteiger partial charge >= 0.3 is 0 Å². The highest BCUT2D eigenvalue weighted by Crippen LogP contribution is 1.91. The molecule has 0 aliphatic heterocycles. The predicted octanol–water partition coefficient (Wildman–Crippen LogP) is 0.373. The average molecular weight is 127 g/mol. The molecule has 0 saturated heterocycles. The molecule has 52 valence electrons. The van der Waals surface area contributed by atoms with E-state index in [2.05, 4.69) is 5.92 Å². The molecule has 0 aliphatic rings. The van der Waals surface area contributed by atoms with E-state index in [-0.39, 0.29) is 6.04 Å². The first-order valence-corrected chi connectivity index (χ1v) is 3.02. The molecule has 0 fully saturated rings. The zero-order valence-electron chi connectivity index (χ0n) is 5.76. The molecule has 2 N–H and O–H groups in total. The monoisotopic (exact) mass is 127 g/mol. The number of nitrogens with two attached hydrogens (primary N) is 1. The molecule has 0 heterocycles. The van der Waals surface area contributed by atoms with Gasteiger partial charge < -0.3 is 10.5 Å². The molecule has 0 aliphatic carbocycles. The van der Waals surface area contributed by atoms with E-state index in [1.165, 1.54) is 0 Å². The van der Waals surface area contributed by atoms with Gasteiger partial charge in [-0.15, -0.1) is 6.42 Å². The van der Waals surface area contributed by atoms with Crippen LogP contribution in [0.4, 0.5) is 0 Å². The van der Waals surface area contributed by atoms with Gasteiger partial charge in [0.1, 0.15) is 0 Å². The summed E-state index contributed by atoms with van der Waals surface area (Å²) in [7, 11) is 1.67. The molecule has 0 spiro atoms. The molecule has 0 bridgehead atoms. The van der Waals surface area contributed by atoms with E-state index in [0.717, 1.165) is 19.4 Å². The van der Waals surface area contributed by atoms with Crippen molar-refractivity contribution < 1.29 is 4.74 Å². The van der Waals surface area contributed by atoms with Crippen LogP contribution in [0, 0.1) is 12.3 Å². The van der Waals surface area contributed by atoms with Gasteiger partial charge in [0.15, 0.2) is 0 Å². The van der Waals surface area contributed by atoms with Gasteiger partial charge in [0.25, 0.3) is 0 Å². The lowest BCUT2D eigenvalue weighted by Crippen LogP contribution is -2.17. The van der Waals surface area contributed by atoms with Crippen molar-refractivity contribution in [3.63, 3.8) is 0 Å². The first-order chi connectivity index (χ1) is 4.31. The predicted molar refractivity (Wildman–Crippen MR) is 37.9 cm³/mol. The minimum absolute atomic E-state index is 0.0971. The van der Waals surface area contributed by atoms with Crippen molar-refractivity contribution in [1.82, 2.24) is 0 Å². The molecule has 2 heteroatoms. The zero-order valence-corrected chi connectivity index (χ0v) is 5.76. The summed E-state index contributed by atoms with van der Waals surface area (Å²) in [6.45, 7) is 0.745. The first kappa shape index (κ1) is 8.48. The second-order valence-electron chi connectivity index (χ2n) is 1.91. The summed E-state index contributed by atoms with van der Waals surface area (Å²) < 4.78 is 4.81. The van der Waals surface area contributed by atoms with Crippen molar-refractivity contribution in [2.24, 2.45) is 5.73 Å². The van der Waals surface area contributed by atoms with E-state index in [1.54, 1.807) is 7.11 Å². The molecule has 9 heavy (non-hydrogen) atoms.